The van der Waals surface area contributed by atoms with Crippen molar-refractivity contribution < 1.29 is 13.9 Å². The molecule has 1 aromatic heterocycles. The van der Waals surface area contributed by atoms with Gasteiger partial charge in [0.15, 0.2) is 0 Å². The molecule has 2 aromatic rings. The van der Waals surface area contributed by atoms with E-state index in [9.17, 15) is 9.18 Å². The molecular formula is C17H21FN4O2. The molecule has 7 heteroatoms. The number of carbonyl (C=O) groups is 1. The average Bonchev–Trinajstić information content (AvgIpc) is 2.53. The zero-order valence-electron chi connectivity index (χ0n) is 13.6. The normalized spacial score (nSPS) is 18.3. The Hall–Kier alpha value is -2.25. The van der Waals surface area contributed by atoms with Crippen LogP contribution in [0.3, 0.4) is 0 Å². The number of primary amides is 1. The van der Waals surface area contributed by atoms with E-state index < -0.39 is 0 Å². The average molecular weight is 332 g/mol. The van der Waals surface area contributed by atoms with Crippen molar-refractivity contribution in [3.05, 3.63) is 36.1 Å². The van der Waals surface area contributed by atoms with Gasteiger partial charge in [-0.3, -0.25) is 9.69 Å². The van der Waals surface area contributed by atoms with Gasteiger partial charge in [-0.1, -0.05) is 0 Å². The van der Waals surface area contributed by atoms with Crippen LogP contribution in [0.15, 0.2) is 30.3 Å². The number of fused-ring (bicyclic) bond motifs is 1. The van der Waals surface area contributed by atoms with Crippen molar-refractivity contribution in [1.82, 2.24) is 9.88 Å². The van der Waals surface area contributed by atoms with E-state index in [1.54, 1.807) is 6.07 Å². The van der Waals surface area contributed by atoms with Crippen molar-refractivity contribution in [2.75, 3.05) is 44.7 Å². The molecule has 0 saturated carbocycles. The van der Waals surface area contributed by atoms with Crippen LogP contribution in [0, 0.1) is 5.82 Å². The van der Waals surface area contributed by atoms with E-state index in [0.29, 0.717) is 25.2 Å². The van der Waals surface area contributed by atoms with Crippen molar-refractivity contribution >= 4 is 22.6 Å². The molecule has 1 atom stereocenters. The molecule has 0 unspecified atom stereocenters. The third-order valence-electron chi connectivity index (χ3n) is 4.04. The number of anilines is 1. The summed E-state index contributed by atoms with van der Waals surface area (Å²) in [6, 6.07) is 8.49. The molecule has 128 valence electrons. The Balaban J connectivity index is 1.71. The minimum absolute atomic E-state index is 0.0342. The monoisotopic (exact) mass is 332 g/mol. The van der Waals surface area contributed by atoms with E-state index in [-0.39, 0.29) is 24.4 Å². The summed E-state index contributed by atoms with van der Waals surface area (Å²) in [6.07, 6.45) is -0.0342. The van der Waals surface area contributed by atoms with E-state index in [1.165, 1.54) is 12.1 Å². The fourth-order valence-corrected chi connectivity index (χ4v) is 2.97. The number of carbonyl (C=O) groups excluding carboxylic acids is 1. The van der Waals surface area contributed by atoms with Gasteiger partial charge in [0.2, 0.25) is 5.91 Å². The Labute approximate surface area is 140 Å². The molecule has 0 aliphatic carbocycles. The predicted octanol–water partition coefficient (Wildman–Crippen LogP) is 0.996. The van der Waals surface area contributed by atoms with Gasteiger partial charge in [-0.25, -0.2) is 9.37 Å². The second-order valence-corrected chi connectivity index (χ2v) is 6.11. The summed E-state index contributed by atoms with van der Waals surface area (Å²) in [5.74, 6) is 0.155. The molecule has 1 aliphatic heterocycles. The third kappa shape index (κ3) is 3.98. The van der Waals surface area contributed by atoms with Gasteiger partial charge in [0.25, 0.3) is 0 Å². The maximum Gasteiger partial charge on any atom is 0.231 e. The van der Waals surface area contributed by atoms with E-state index in [2.05, 4.69) is 9.88 Å². The molecule has 1 saturated heterocycles. The fourth-order valence-electron chi connectivity index (χ4n) is 2.97. The molecule has 0 spiro atoms. The molecule has 2 N–H and O–H groups in total. The number of pyridine rings is 1. The molecule has 0 radical (unpaired) electrons. The van der Waals surface area contributed by atoms with Crippen molar-refractivity contribution in [2.24, 2.45) is 5.73 Å². The second-order valence-electron chi connectivity index (χ2n) is 6.11. The zero-order chi connectivity index (χ0) is 17.1. The van der Waals surface area contributed by atoms with E-state index in [1.807, 2.05) is 24.1 Å². The highest BCUT2D eigenvalue weighted by Gasteiger charge is 2.23. The smallest absolute Gasteiger partial charge is 0.231 e. The number of aromatic nitrogens is 1. The van der Waals surface area contributed by atoms with Crippen molar-refractivity contribution in [3.63, 3.8) is 0 Å². The molecule has 1 aromatic carbocycles. The summed E-state index contributed by atoms with van der Waals surface area (Å²) in [5.41, 5.74) is 5.85. The number of benzene rings is 1. The Kier molecular flexibility index (Phi) is 4.92. The van der Waals surface area contributed by atoms with Crippen LogP contribution in [0.2, 0.25) is 0 Å². The summed E-state index contributed by atoms with van der Waals surface area (Å²) in [7, 11) is 1.84. The number of ether oxygens (including phenoxy) is 1. The van der Waals surface area contributed by atoms with Gasteiger partial charge in [0.05, 0.1) is 24.8 Å². The first-order valence-corrected chi connectivity index (χ1v) is 7.91. The highest BCUT2D eigenvalue weighted by Crippen LogP contribution is 2.21. The molecule has 1 aliphatic rings. The number of hydrogen-bond donors (Lipinski definition) is 1. The lowest BCUT2D eigenvalue weighted by Crippen LogP contribution is -2.48. The number of hydrogen-bond acceptors (Lipinski definition) is 5. The fraction of sp³-hybridized carbons (Fsp3) is 0.412. The Morgan fingerprint density at radius 2 is 2.25 bits per heavy atom. The number of nitrogens with zero attached hydrogens (tertiary/aromatic N) is 3. The van der Waals surface area contributed by atoms with Crippen molar-refractivity contribution in [2.45, 2.75) is 6.10 Å². The molecule has 6 nitrogen and oxygen atoms in total. The van der Waals surface area contributed by atoms with Crippen LogP contribution in [0.1, 0.15) is 0 Å². The highest BCUT2D eigenvalue weighted by molar-refractivity contribution is 5.80. The largest absolute Gasteiger partial charge is 0.373 e. The first-order chi connectivity index (χ1) is 11.5. The van der Waals surface area contributed by atoms with Crippen LogP contribution in [0.4, 0.5) is 10.2 Å². The van der Waals surface area contributed by atoms with Gasteiger partial charge in [-0.05, 0) is 31.3 Å². The van der Waals surface area contributed by atoms with Crippen LogP contribution >= 0.6 is 0 Å². The van der Waals surface area contributed by atoms with Crippen LogP contribution < -0.4 is 10.6 Å². The molecule has 3 rings (SSSR count). The lowest BCUT2D eigenvalue weighted by Gasteiger charge is -2.35. The second kappa shape index (κ2) is 7.11. The van der Waals surface area contributed by atoms with Crippen LogP contribution in [-0.4, -0.2) is 61.7 Å². The van der Waals surface area contributed by atoms with Crippen molar-refractivity contribution in [1.29, 1.82) is 0 Å². The van der Waals surface area contributed by atoms with Crippen LogP contribution in [0.5, 0.6) is 0 Å². The number of morpholine rings is 1. The van der Waals surface area contributed by atoms with Crippen LogP contribution in [-0.2, 0) is 9.53 Å². The molecule has 1 amide bonds. The quantitative estimate of drug-likeness (QED) is 0.884. The molecule has 2 heterocycles. The lowest BCUT2D eigenvalue weighted by atomic mass is 10.2. The van der Waals surface area contributed by atoms with Crippen molar-refractivity contribution in [3.8, 4) is 0 Å². The van der Waals surface area contributed by atoms with Gasteiger partial charge in [0.1, 0.15) is 11.6 Å². The zero-order valence-corrected chi connectivity index (χ0v) is 13.6. The van der Waals surface area contributed by atoms with Gasteiger partial charge >= 0.3 is 0 Å². The third-order valence-corrected chi connectivity index (χ3v) is 4.04. The standard InChI is InChI=1S/C17H21FN4O2/c1-21(11-16(19)23)9-14-10-22(6-7-24-14)17-5-3-12-2-4-13(18)8-15(12)20-17/h2-5,8,14H,6-7,9-11H2,1H3,(H2,19,23)/t14-/m0/s1. The number of rotatable bonds is 5. The van der Waals surface area contributed by atoms with Crippen LogP contribution in [0.25, 0.3) is 10.9 Å². The predicted molar refractivity (Wildman–Crippen MR) is 90.3 cm³/mol. The van der Waals surface area contributed by atoms with Gasteiger partial charge in [-0.2, -0.15) is 0 Å². The first kappa shape index (κ1) is 16.6. The highest BCUT2D eigenvalue weighted by atomic mass is 19.1. The number of amides is 1. The first-order valence-electron chi connectivity index (χ1n) is 7.91. The molecule has 0 bridgehead atoms. The Morgan fingerprint density at radius 1 is 1.46 bits per heavy atom. The van der Waals surface area contributed by atoms with E-state index in [0.717, 1.165) is 17.7 Å². The topological polar surface area (TPSA) is 71.7 Å². The number of halogens is 1. The molecule has 1 fully saturated rings. The SMILES string of the molecule is CN(CC(N)=O)C[C@H]1CN(c2ccc3ccc(F)cc3n2)CCO1. The lowest BCUT2D eigenvalue weighted by molar-refractivity contribution is -0.119. The Bertz CT molecular complexity index is 740. The van der Waals surface area contributed by atoms with Gasteiger partial charge in [-0.15, -0.1) is 0 Å². The number of nitrogens with two attached hydrogens (primary N) is 1. The van der Waals surface area contributed by atoms with Gasteiger partial charge in [0, 0.05) is 31.1 Å². The summed E-state index contributed by atoms with van der Waals surface area (Å²) >= 11 is 0. The molecular weight excluding hydrogens is 311 g/mol. The van der Waals surface area contributed by atoms with Gasteiger partial charge < -0.3 is 15.4 Å². The summed E-state index contributed by atoms with van der Waals surface area (Å²) in [4.78, 5) is 19.5. The maximum absolute atomic E-state index is 13.4. The summed E-state index contributed by atoms with van der Waals surface area (Å²) < 4.78 is 19.2. The summed E-state index contributed by atoms with van der Waals surface area (Å²) in [5, 5.41) is 0.908. The summed E-state index contributed by atoms with van der Waals surface area (Å²) in [6.45, 7) is 2.79. The maximum atomic E-state index is 13.4. The minimum atomic E-state index is -0.358. The number of likely N-dealkylation sites (N-methyl/N-ethyl adjacent to an activating group) is 1. The molecule has 24 heavy (non-hydrogen) atoms. The minimum Gasteiger partial charge on any atom is -0.373 e. The van der Waals surface area contributed by atoms with E-state index in [4.69, 9.17) is 10.5 Å². The Morgan fingerprint density at radius 3 is 3.04 bits per heavy atom. The van der Waals surface area contributed by atoms with E-state index >= 15 is 0 Å².